The number of rotatable bonds is 2. The lowest BCUT2D eigenvalue weighted by Gasteiger charge is -2.12. The van der Waals surface area contributed by atoms with E-state index in [0.717, 1.165) is 0 Å². The van der Waals surface area contributed by atoms with Crippen LogP contribution >= 0.6 is 28.3 Å². The van der Waals surface area contributed by atoms with Crippen LogP contribution in [0.25, 0.3) is 0 Å². The molecule has 0 heterocycles. The fraction of sp³-hybridized carbons (Fsp3) is 0.143. The van der Waals surface area contributed by atoms with Gasteiger partial charge in [0.15, 0.2) is 5.75 Å². The number of nitrogen functional groups attached to an aromatic ring is 1. The monoisotopic (exact) mass is 306 g/mol. The summed E-state index contributed by atoms with van der Waals surface area (Å²) in [6.07, 6.45) is -4.73. The SMILES string of the molecule is Cl.NNc1ccc(Br)cc1OC(F)(F)F. The number of hydrogen-bond donors (Lipinski definition) is 2. The summed E-state index contributed by atoms with van der Waals surface area (Å²) in [7, 11) is 0. The van der Waals surface area contributed by atoms with E-state index < -0.39 is 6.36 Å². The van der Waals surface area contributed by atoms with Crippen molar-refractivity contribution >= 4 is 34.0 Å². The van der Waals surface area contributed by atoms with Gasteiger partial charge in [0, 0.05) is 4.47 Å². The van der Waals surface area contributed by atoms with Crippen molar-refractivity contribution in [2.45, 2.75) is 6.36 Å². The minimum atomic E-state index is -4.73. The lowest BCUT2D eigenvalue weighted by atomic mass is 10.3. The van der Waals surface area contributed by atoms with E-state index in [9.17, 15) is 13.2 Å². The molecule has 8 heteroatoms. The van der Waals surface area contributed by atoms with Crippen molar-refractivity contribution in [1.82, 2.24) is 0 Å². The number of hydrazine groups is 1. The largest absolute Gasteiger partial charge is 0.573 e. The molecule has 0 bridgehead atoms. The third-order valence-electron chi connectivity index (χ3n) is 1.32. The Balaban J connectivity index is 0.00000196. The number of hydrogen-bond acceptors (Lipinski definition) is 3. The quantitative estimate of drug-likeness (QED) is 0.652. The molecule has 0 spiro atoms. The predicted molar refractivity (Wildman–Crippen MR) is 55.9 cm³/mol. The normalized spacial score (nSPS) is 10.5. The van der Waals surface area contributed by atoms with Crippen molar-refractivity contribution in [2.24, 2.45) is 5.84 Å². The Bertz CT molecular complexity index is 335. The summed E-state index contributed by atoms with van der Waals surface area (Å²) in [5, 5.41) is 0. The molecular formula is C7H7BrClF3N2O. The second-order valence-electron chi connectivity index (χ2n) is 2.33. The van der Waals surface area contributed by atoms with Gasteiger partial charge in [0.25, 0.3) is 0 Å². The Morgan fingerprint density at radius 3 is 2.40 bits per heavy atom. The van der Waals surface area contributed by atoms with Crippen LogP contribution in [0.15, 0.2) is 22.7 Å². The molecule has 86 valence electrons. The first-order valence-electron chi connectivity index (χ1n) is 3.44. The van der Waals surface area contributed by atoms with Crippen LogP contribution in [0.5, 0.6) is 5.75 Å². The topological polar surface area (TPSA) is 47.3 Å². The molecule has 0 fully saturated rings. The number of anilines is 1. The maximum atomic E-state index is 11.9. The van der Waals surface area contributed by atoms with Crippen LogP contribution in [0.1, 0.15) is 0 Å². The molecule has 1 rings (SSSR count). The van der Waals surface area contributed by atoms with Gasteiger partial charge in [0.05, 0.1) is 5.69 Å². The molecule has 0 amide bonds. The highest BCUT2D eigenvalue weighted by Crippen LogP contribution is 2.32. The summed E-state index contributed by atoms with van der Waals surface area (Å²) in [6.45, 7) is 0. The van der Waals surface area contributed by atoms with Gasteiger partial charge in [-0.3, -0.25) is 5.84 Å². The molecule has 0 aliphatic rings. The maximum Gasteiger partial charge on any atom is 0.573 e. The van der Waals surface area contributed by atoms with Crippen molar-refractivity contribution < 1.29 is 17.9 Å². The van der Waals surface area contributed by atoms with Gasteiger partial charge < -0.3 is 10.2 Å². The van der Waals surface area contributed by atoms with Gasteiger partial charge in [0.2, 0.25) is 0 Å². The first kappa shape index (κ1) is 14.3. The summed E-state index contributed by atoms with van der Waals surface area (Å²) in [6, 6.07) is 4.08. The Morgan fingerprint density at radius 2 is 1.93 bits per heavy atom. The van der Waals surface area contributed by atoms with Crippen LogP contribution < -0.4 is 16.0 Å². The number of ether oxygens (including phenoxy) is 1. The summed E-state index contributed by atoms with van der Waals surface area (Å²) >= 11 is 3.02. The molecule has 3 N–H and O–H groups in total. The molecule has 0 saturated carbocycles. The van der Waals surface area contributed by atoms with Crippen LogP contribution in [-0.4, -0.2) is 6.36 Å². The molecule has 0 aliphatic carbocycles. The lowest BCUT2D eigenvalue weighted by Crippen LogP contribution is -2.19. The predicted octanol–water partition coefficient (Wildman–Crippen LogP) is 3.06. The highest BCUT2D eigenvalue weighted by molar-refractivity contribution is 9.10. The number of nitrogens with two attached hydrogens (primary N) is 1. The standard InChI is InChI=1S/C7H6BrF3N2O.ClH/c8-4-1-2-5(13-12)6(3-4)14-7(9,10)11;/h1-3,13H,12H2;1H. The smallest absolute Gasteiger partial charge is 0.403 e. The molecular weight excluding hydrogens is 300 g/mol. The van der Waals surface area contributed by atoms with E-state index in [-0.39, 0.29) is 23.8 Å². The minimum Gasteiger partial charge on any atom is -0.403 e. The van der Waals surface area contributed by atoms with Gasteiger partial charge >= 0.3 is 6.36 Å². The third kappa shape index (κ3) is 4.59. The number of nitrogens with one attached hydrogen (secondary N) is 1. The van der Waals surface area contributed by atoms with E-state index in [1.807, 2.05) is 0 Å². The van der Waals surface area contributed by atoms with Crippen LogP contribution in [0.4, 0.5) is 18.9 Å². The number of halogens is 5. The average molecular weight is 307 g/mol. The van der Waals surface area contributed by atoms with E-state index in [0.29, 0.717) is 4.47 Å². The Kier molecular flexibility index (Phi) is 5.19. The van der Waals surface area contributed by atoms with E-state index in [1.165, 1.54) is 12.1 Å². The van der Waals surface area contributed by atoms with E-state index in [1.54, 1.807) is 6.07 Å². The summed E-state index contributed by atoms with van der Waals surface area (Å²) in [4.78, 5) is 0. The van der Waals surface area contributed by atoms with Gasteiger partial charge in [-0.25, -0.2) is 0 Å². The Hall–Kier alpha value is -0.660. The molecule has 1 aromatic rings. The zero-order chi connectivity index (χ0) is 10.8. The number of benzene rings is 1. The van der Waals surface area contributed by atoms with Crippen molar-refractivity contribution in [3.05, 3.63) is 22.7 Å². The zero-order valence-electron chi connectivity index (χ0n) is 7.14. The minimum absolute atomic E-state index is 0. The zero-order valence-corrected chi connectivity index (χ0v) is 9.54. The number of alkyl halides is 3. The van der Waals surface area contributed by atoms with E-state index in [4.69, 9.17) is 5.84 Å². The highest BCUT2D eigenvalue weighted by atomic mass is 79.9. The Labute approximate surface area is 98.3 Å². The molecule has 0 saturated heterocycles. The van der Waals surface area contributed by atoms with Crippen molar-refractivity contribution in [1.29, 1.82) is 0 Å². The summed E-state index contributed by atoms with van der Waals surface area (Å²) < 4.78 is 39.9. The van der Waals surface area contributed by atoms with Crippen molar-refractivity contribution in [3.63, 3.8) is 0 Å². The average Bonchev–Trinajstić information content (AvgIpc) is 2.01. The lowest BCUT2D eigenvalue weighted by molar-refractivity contribution is -0.274. The third-order valence-corrected chi connectivity index (χ3v) is 1.82. The fourth-order valence-corrected chi connectivity index (χ4v) is 1.16. The summed E-state index contributed by atoms with van der Waals surface area (Å²) in [5.41, 5.74) is 2.16. The van der Waals surface area contributed by atoms with Crippen molar-refractivity contribution in [2.75, 3.05) is 5.43 Å². The van der Waals surface area contributed by atoms with Gasteiger partial charge in [-0.2, -0.15) is 0 Å². The summed E-state index contributed by atoms with van der Waals surface area (Å²) in [5.74, 6) is 4.63. The van der Waals surface area contributed by atoms with Gasteiger partial charge in [-0.15, -0.1) is 25.6 Å². The van der Waals surface area contributed by atoms with E-state index in [2.05, 4.69) is 26.1 Å². The molecule has 0 atom stereocenters. The molecule has 0 aromatic heterocycles. The molecule has 3 nitrogen and oxygen atoms in total. The van der Waals surface area contributed by atoms with Gasteiger partial charge in [0.1, 0.15) is 0 Å². The second-order valence-corrected chi connectivity index (χ2v) is 3.25. The van der Waals surface area contributed by atoms with Crippen LogP contribution in [0.3, 0.4) is 0 Å². The maximum absolute atomic E-state index is 11.9. The first-order chi connectivity index (χ1) is 6.42. The molecule has 0 radical (unpaired) electrons. The fourth-order valence-electron chi connectivity index (χ4n) is 0.825. The molecule has 0 unspecified atom stereocenters. The highest BCUT2D eigenvalue weighted by Gasteiger charge is 2.32. The molecule has 0 aliphatic heterocycles. The van der Waals surface area contributed by atoms with Crippen LogP contribution in [-0.2, 0) is 0 Å². The van der Waals surface area contributed by atoms with Gasteiger partial charge in [-0.1, -0.05) is 15.9 Å². The van der Waals surface area contributed by atoms with Crippen LogP contribution in [0, 0.1) is 0 Å². The first-order valence-corrected chi connectivity index (χ1v) is 4.23. The molecule has 1 aromatic carbocycles. The van der Waals surface area contributed by atoms with Gasteiger partial charge in [-0.05, 0) is 18.2 Å². The Morgan fingerprint density at radius 1 is 1.33 bits per heavy atom. The van der Waals surface area contributed by atoms with E-state index >= 15 is 0 Å². The second kappa shape index (κ2) is 5.43. The van der Waals surface area contributed by atoms with Crippen molar-refractivity contribution in [3.8, 4) is 5.75 Å². The molecule has 15 heavy (non-hydrogen) atoms. The van der Waals surface area contributed by atoms with Crippen LogP contribution in [0.2, 0.25) is 0 Å².